The molecule has 194 valence electrons. The lowest BCUT2D eigenvalue weighted by molar-refractivity contribution is -0.176. The second kappa shape index (κ2) is 8.99. The van der Waals surface area contributed by atoms with Gasteiger partial charge in [-0.2, -0.15) is 18.4 Å². The fourth-order valence-electron chi connectivity index (χ4n) is 5.17. The van der Waals surface area contributed by atoms with Crippen molar-refractivity contribution >= 4 is 23.6 Å². The fraction of sp³-hybridized carbons (Fsp3) is 0.783. The molecule has 0 spiro atoms. The molecule has 3 rings (SSSR count). The molecule has 0 bridgehead atoms. The Morgan fingerprint density at radius 2 is 1.91 bits per heavy atom. The Kier molecular flexibility index (Phi) is 6.13. The first-order valence-corrected chi connectivity index (χ1v) is 11.4. The number of nitrogens with zero attached hydrogens (tertiary/aromatic N) is 2. The lowest BCUT2D eigenvalue weighted by atomic mass is 9.85. The van der Waals surface area contributed by atoms with Crippen LogP contribution in [0.5, 0.6) is 0 Å². The first kappa shape index (κ1) is 23.9. The summed E-state index contributed by atoms with van der Waals surface area (Å²) in [4.78, 5) is 51.8. The predicted octanol–water partition coefficient (Wildman–Crippen LogP) is 1.10. The van der Waals surface area contributed by atoms with Crippen molar-refractivity contribution in [1.29, 1.82) is 5.26 Å². The minimum atomic E-state index is -5.20. The van der Waals surface area contributed by atoms with Gasteiger partial charge in [0.05, 0.1) is 6.07 Å². The summed E-state index contributed by atoms with van der Waals surface area (Å²) in [5.41, 5.74) is -1.43. The maximum absolute atomic E-state index is 13.5. The molecule has 3 fully saturated rings. The van der Waals surface area contributed by atoms with Crippen LogP contribution in [0.15, 0.2) is 0 Å². The molecule has 4 amide bonds. The van der Waals surface area contributed by atoms with Crippen LogP contribution in [0.2, 0.25) is 0 Å². The second-order valence-corrected chi connectivity index (χ2v) is 11.2. The Morgan fingerprint density at radius 1 is 1.29 bits per heavy atom. The van der Waals surface area contributed by atoms with Crippen molar-refractivity contribution in [3.8, 4) is 6.07 Å². The molecule has 3 aliphatic rings. The number of carbonyl (C=O) groups is 4. The number of alkyl halides is 3. The van der Waals surface area contributed by atoms with E-state index in [2.05, 4.69) is 10.6 Å². The first-order valence-electron chi connectivity index (χ1n) is 12.4. The summed E-state index contributed by atoms with van der Waals surface area (Å²) in [6.07, 6.45) is -5.51. The van der Waals surface area contributed by atoms with Crippen LogP contribution >= 0.6 is 0 Å². The van der Waals surface area contributed by atoms with E-state index in [1.165, 1.54) is 25.7 Å². The Labute approximate surface area is 205 Å². The van der Waals surface area contributed by atoms with E-state index < -0.39 is 65.8 Å². The molecule has 2 aliphatic heterocycles. The van der Waals surface area contributed by atoms with Gasteiger partial charge >= 0.3 is 12.1 Å². The Hall–Kier alpha value is -2.84. The molecular weight excluding hydrogens is 467 g/mol. The number of carbonyl (C=O) groups excluding carboxylic acids is 4. The molecule has 0 radical (unpaired) electrons. The molecule has 6 atom stereocenters. The van der Waals surface area contributed by atoms with Crippen LogP contribution in [0.1, 0.15) is 50.2 Å². The van der Waals surface area contributed by atoms with Crippen LogP contribution in [-0.2, 0) is 19.2 Å². The number of likely N-dealkylation sites (tertiary alicyclic amines) is 1. The number of halogens is 3. The molecule has 3 N–H and O–H groups in total. The van der Waals surface area contributed by atoms with Gasteiger partial charge in [-0.05, 0) is 35.5 Å². The molecule has 1 aliphatic carbocycles. The van der Waals surface area contributed by atoms with Crippen molar-refractivity contribution in [1.82, 2.24) is 20.9 Å². The maximum atomic E-state index is 13.5. The monoisotopic (exact) mass is 501 g/mol. The minimum absolute atomic E-state index is 0.0977. The summed E-state index contributed by atoms with van der Waals surface area (Å²) in [7, 11) is 0. The summed E-state index contributed by atoms with van der Waals surface area (Å²) in [6, 6.07) is -1.90. The van der Waals surface area contributed by atoms with Crippen LogP contribution in [-0.4, -0.2) is 65.9 Å². The zero-order chi connectivity index (χ0) is 28.3. The molecule has 0 aromatic rings. The smallest absolute Gasteiger partial charge is 0.356 e. The van der Waals surface area contributed by atoms with Crippen molar-refractivity contribution in [2.24, 2.45) is 28.6 Å². The van der Waals surface area contributed by atoms with E-state index >= 15 is 0 Å². The van der Waals surface area contributed by atoms with Crippen molar-refractivity contribution in [2.45, 2.75) is 71.8 Å². The highest BCUT2D eigenvalue weighted by Crippen LogP contribution is 2.65. The van der Waals surface area contributed by atoms with Crippen LogP contribution in [0.25, 0.3) is 0 Å². The molecule has 0 unspecified atom stereocenters. The molecule has 1 saturated carbocycles. The Balaban J connectivity index is 1.80. The molecule has 0 aromatic heterocycles. The van der Waals surface area contributed by atoms with Crippen LogP contribution in [0, 0.1) is 39.9 Å². The van der Waals surface area contributed by atoms with Crippen LogP contribution in [0.4, 0.5) is 13.2 Å². The minimum Gasteiger partial charge on any atom is -0.356 e. The lowest BCUT2D eigenvalue weighted by Crippen LogP contribution is -2.61. The highest BCUT2D eigenvalue weighted by molar-refractivity contribution is 5.95. The van der Waals surface area contributed by atoms with Gasteiger partial charge in [-0.25, -0.2) is 0 Å². The number of piperidine rings is 1. The summed E-state index contributed by atoms with van der Waals surface area (Å²) in [5, 5.41) is 16.1. The van der Waals surface area contributed by atoms with Gasteiger partial charge in [0, 0.05) is 21.7 Å². The Bertz CT molecular complexity index is 1040. The average molecular weight is 502 g/mol. The van der Waals surface area contributed by atoms with Crippen LogP contribution in [0.3, 0.4) is 0 Å². The highest BCUT2D eigenvalue weighted by atomic mass is 19.4. The van der Waals surface area contributed by atoms with E-state index in [1.54, 1.807) is 5.32 Å². The summed E-state index contributed by atoms with van der Waals surface area (Å²) in [5.74, 6) is -5.59. The molecule has 35 heavy (non-hydrogen) atoms. The number of amides is 4. The van der Waals surface area contributed by atoms with E-state index in [9.17, 15) is 37.6 Å². The van der Waals surface area contributed by atoms with E-state index in [1.807, 2.05) is 19.9 Å². The van der Waals surface area contributed by atoms with Gasteiger partial charge in [0.25, 0.3) is 0 Å². The SMILES string of the molecule is [2H]C1([2H])C[C@@H](C[C@@H](C#N)NC(=O)[C@@H]2[C@@H]3[C@H](CN2C(=O)[C@@H](NC(=O)C(F)(F)F)C(C)(C)C)C3(C)C)C(=O)N1. The van der Waals surface area contributed by atoms with Crippen molar-refractivity contribution < 1.29 is 35.1 Å². The standard InChI is InChI=1S/C23H32F3N5O4/c1-21(2,3)16(30-20(35)23(24,25)26)19(34)31-10-13-14(22(13,4)5)15(31)18(33)29-12(9-27)8-11-6-7-28-17(11)32/h11-16H,6-8,10H2,1-5H3,(H,28,32)(H,29,33)(H,30,35)/t11-,12-,13-,14-,15-,16+/m0/s1/i7D2. The summed E-state index contributed by atoms with van der Waals surface area (Å²) < 4.78 is 54.2. The highest BCUT2D eigenvalue weighted by Gasteiger charge is 2.70. The van der Waals surface area contributed by atoms with Crippen molar-refractivity contribution in [3.63, 3.8) is 0 Å². The zero-order valence-corrected chi connectivity index (χ0v) is 20.2. The molecule has 9 nitrogen and oxygen atoms in total. The topological polar surface area (TPSA) is 131 Å². The van der Waals surface area contributed by atoms with E-state index in [-0.39, 0.29) is 36.6 Å². The number of fused-ring (bicyclic) bond motifs is 1. The quantitative estimate of drug-likeness (QED) is 0.502. The van der Waals surface area contributed by atoms with Crippen molar-refractivity contribution in [2.75, 3.05) is 13.0 Å². The molecule has 2 saturated heterocycles. The number of hydrogen-bond acceptors (Lipinski definition) is 5. The molecule has 12 heteroatoms. The third-order valence-corrected chi connectivity index (χ3v) is 7.33. The van der Waals surface area contributed by atoms with Gasteiger partial charge in [0.1, 0.15) is 18.1 Å². The van der Waals surface area contributed by atoms with Gasteiger partial charge in [0.15, 0.2) is 0 Å². The summed E-state index contributed by atoms with van der Waals surface area (Å²) >= 11 is 0. The summed E-state index contributed by atoms with van der Waals surface area (Å²) in [6.45, 7) is 6.49. The third-order valence-electron chi connectivity index (χ3n) is 7.33. The lowest BCUT2D eigenvalue weighted by Gasteiger charge is -2.37. The average Bonchev–Trinajstić information content (AvgIpc) is 3.04. The van der Waals surface area contributed by atoms with E-state index in [0.717, 1.165) is 0 Å². The third kappa shape index (κ3) is 5.23. The van der Waals surface area contributed by atoms with Gasteiger partial charge in [-0.15, -0.1) is 0 Å². The van der Waals surface area contributed by atoms with Crippen LogP contribution < -0.4 is 16.0 Å². The molecule has 2 heterocycles. The van der Waals surface area contributed by atoms with Gasteiger partial charge in [-0.1, -0.05) is 34.6 Å². The van der Waals surface area contributed by atoms with Gasteiger partial charge in [-0.3, -0.25) is 19.2 Å². The fourth-order valence-corrected chi connectivity index (χ4v) is 5.17. The van der Waals surface area contributed by atoms with E-state index in [0.29, 0.717) is 0 Å². The molecule has 0 aromatic carbocycles. The predicted molar refractivity (Wildman–Crippen MR) is 117 cm³/mol. The second-order valence-electron chi connectivity index (χ2n) is 11.2. The van der Waals surface area contributed by atoms with Gasteiger partial charge < -0.3 is 20.9 Å². The Morgan fingerprint density at radius 3 is 2.40 bits per heavy atom. The van der Waals surface area contributed by atoms with Crippen molar-refractivity contribution in [3.05, 3.63) is 0 Å². The molecular formula is C23H32F3N5O4. The largest absolute Gasteiger partial charge is 0.471 e. The number of nitriles is 1. The number of rotatable bonds is 6. The van der Waals surface area contributed by atoms with E-state index in [4.69, 9.17) is 2.74 Å². The number of nitrogens with one attached hydrogen (secondary N) is 3. The normalized spacial score (nSPS) is 31.2. The maximum Gasteiger partial charge on any atom is 0.471 e. The number of hydrogen-bond donors (Lipinski definition) is 3. The zero-order valence-electron chi connectivity index (χ0n) is 22.2. The van der Waals surface area contributed by atoms with Gasteiger partial charge in [0.2, 0.25) is 17.7 Å². The first-order chi connectivity index (χ1) is 16.7.